The first-order valence-electron chi connectivity index (χ1n) is 7.04. The van der Waals surface area contributed by atoms with E-state index in [0.29, 0.717) is 11.8 Å². The van der Waals surface area contributed by atoms with E-state index in [1.54, 1.807) is 6.92 Å². The van der Waals surface area contributed by atoms with Crippen LogP contribution in [0.15, 0.2) is 0 Å². The van der Waals surface area contributed by atoms with Crippen molar-refractivity contribution in [1.82, 2.24) is 0 Å². The number of rotatable bonds is 9. The van der Waals surface area contributed by atoms with Gasteiger partial charge in [0.05, 0.1) is 6.10 Å². The van der Waals surface area contributed by atoms with Crippen LogP contribution in [-0.4, -0.2) is 15.9 Å². The van der Waals surface area contributed by atoms with Gasteiger partial charge in [0, 0.05) is 0 Å². The summed E-state index contributed by atoms with van der Waals surface area (Å²) >= 11 is 0. The van der Waals surface area contributed by atoms with Crippen LogP contribution < -0.4 is 0 Å². The Bertz CT molecular complexity index is 244. The van der Waals surface area contributed by atoms with E-state index in [-0.39, 0.29) is 5.92 Å². The highest BCUT2D eigenvalue weighted by molar-refractivity contribution is 7.46. The van der Waals surface area contributed by atoms with E-state index in [1.165, 1.54) is 0 Å². The molecule has 0 spiro atoms. The average Bonchev–Trinajstić information content (AvgIpc) is 2.27. The van der Waals surface area contributed by atoms with E-state index in [9.17, 15) is 4.57 Å². The molecule has 0 rings (SSSR count). The first kappa shape index (κ1) is 18.1. The Balaban J connectivity index is 5.00. The summed E-state index contributed by atoms with van der Waals surface area (Å²) in [6.07, 6.45) is 3.68. The highest BCUT2D eigenvalue weighted by Crippen LogP contribution is 2.43. The summed E-state index contributed by atoms with van der Waals surface area (Å²) in [5.74, 6) is 1.12. The van der Waals surface area contributed by atoms with Crippen LogP contribution in [-0.2, 0) is 9.09 Å². The molecule has 1 unspecified atom stereocenters. The molecule has 0 bridgehead atoms. The van der Waals surface area contributed by atoms with Crippen LogP contribution >= 0.6 is 7.82 Å². The van der Waals surface area contributed by atoms with Crippen LogP contribution in [0.4, 0.5) is 0 Å². The molecule has 0 amide bonds. The Morgan fingerprint density at radius 1 is 0.944 bits per heavy atom. The van der Waals surface area contributed by atoms with Crippen molar-refractivity contribution >= 4 is 7.82 Å². The lowest BCUT2D eigenvalue weighted by atomic mass is 9.73. The minimum Gasteiger partial charge on any atom is -0.303 e. The number of hydrogen-bond donors (Lipinski definition) is 2. The molecule has 0 aliphatic rings. The standard InChI is InChI=1S/C13H29O4P/c1-6-11(7-2)13(12(8-3)9-4)10(5)17-18(14,15)16/h10-13H,6-9H2,1-5H3,(H2,14,15,16). The smallest absolute Gasteiger partial charge is 0.303 e. The molecule has 0 radical (unpaired) electrons. The molecule has 110 valence electrons. The summed E-state index contributed by atoms with van der Waals surface area (Å²) in [4.78, 5) is 18.0. The lowest BCUT2D eigenvalue weighted by molar-refractivity contribution is 0.0353. The monoisotopic (exact) mass is 280 g/mol. The highest BCUT2D eigenvalue weighted by Gasteiger charge is 2.34. The Morgan fingerprint density at radius 2 is 1.28 bits per heavy atom. The molecule has 0 aliphatic heterocycles. The van der Waals surface area contributed by atoms with Crippen LogP contribution in [0, 0.1) is 17.8 Å². The van der Waals surface area contributed by atoms with Gasteiger partial charge in [-0.3, -0.25) is 4.52 Å². The fourth-order valence-electron chi connectivity index (χ4n) is 3.10. The van der Waals surface area contributed by atoms with E-state index < -0.39 is 13.9 Å². The number of phosphoric acid groups is 1. The molecule has 0 saturated carbocycles. The zero-order valence-electron chi connectivity index (χ0n) is 12.3. The molecule has 0 fully saturated rings. The minimum atomic E-state index is -4.40. The zero-order chi connectivity index (χ0) is 14.3. The van der Waals surface area contributed by atoms with Crippen LogP contribution in [0.25, 0.3) is 0 Å². The number of phosphoric ester groups is 1. The molecular formula is C13H29O4P. The molecule has 2 N–H and O–H groups in total. The Kier molecular flexibility index (Phi) is 8.37. The summed E-state index contributed by atoms with van der Waals surface area (Å²) in [5, 5.41) is 0. The predicted octanol–water partition coefficient (Wildman–Crippen LogP) is 3.97. The van der Waals surface area contributed by atoms with Crippen LogP contribution in [0.1, 0.15) is 60.3 Å². The van der Waals surface area contributed by atoms with Crippen LogP contribution in [0.3, 0.4) is 0 Å². The fourth-order valence-corrected chi connectivity index (χ4v) is 3.68. The second kappa shape index (κ2) is 8.31. The maximum Gasteiger partial charge on any atom is 0.469 e. The Labute approximate surface area is 111 Å². The van der Waals surface area contributed by atoms with Gasteiger partial charge in [-0.25, -0.2) is 4.57 Å². The van der Waals surface area contributed by atoms with Gasteiger partial charge in [-0.15, -0.1) is 0 Å². The van der Waals surface area contributed by atoms with Crippen molar-refractivity contribution in [2.45, 2.75) is 66.4 Å². The van der Waals surface area contributed by atoms with Gasteiger partial charge in [0.25, 0.3) is 0 Å². The van der Waals surface area contributed by atoms with Gasteiger partial charge in [0.1, 0.15) is 0 Å². The van der Waals surface area contributed by atoms with Gasteiger partial charge in [-0.2, -0.15) is 0 Å². The predicted molar refractivity (Wildman–Crippen MR) is 74.2 cm³/mol. The molecule has 4 nitrogen and oxygen atoms in total. The second-order valence-corrected chi connectivity index (χ2v) is 6.22. The van der Waals surface area contributed by atoms with Gasteiger partial charge in [0.15, 0.2) is 0 Å². The van der Waals surface area contributed by atoms with Gasteiger partial charge in [0.2, 0.25) is 0 Å². The molecule has 5 heteroatoms. The normalized spacial score (nSPS) is 14.8. The average molecular weight is 280 g/mol. The first-order chi connectivity index (χ1) is 8.30. The first-order valence-corrected chi connectivity index (χ1v) is 8.57. The van der Waals surface area contributed by atoms with Crippen LogP contribution in [0.2, 0.25) is 0 Å². The number of hydrogen-bond acceptors (Lipinski definition) is 2. The lowest BCUT2D eigenvalue weighted by Gasteiger charge is -2.36. The highest BCUT2D eigenvalue weighted by atomic mass is 31.2. The zero-order valence-corrected chi connectivity index (χ0v) is 13.2. The van der Waals surface area contributed by atoms with E-state index in [1.807, 2.05) is 0 Å². The molecule has 0 aromatic carbocycles. The van der Waals surface area contributed by atoms with E-state index in [2.05, 4.69) is 27.7 Å². The lowest BCUT2D eigenvalue weighted by Crippen LogP contribution is -2.33. The molecule has 1 atom stereocenters. The van der Waals surface area contributed by atoms with Crippen molar-refractivity contribution < 1.29 is 18.9 Å². The van der Waals surface area contributed by atoms with Crippen molar-refractivity contribution in [2.75, 3.05) is 0 Å². The molecule has 18 heavy (non-hydrogen) atoms. The molecule has 0 aliphatic carbocycles. The maximum atomic E-state index is 11.0. The topological polar surface area (TPSA) is 66.8 Å². The van der Waals surface area contributed by atoms with Gasteiger partial charge >= 0.3 is 7.82 Å². The molecule has 0 heterocycles. The third kappa shape index (κ3) is 5.83. The third-order valence-electron chi connectivity index (χ3n) is 4.03. The maximum absolute atomic E-state index is 11.0. The molecule has 0 saturated heterocycles. The van der Waals surface area contributed by atoms with Crippen LogP contribution in [0.5, 0.6) is 0 Å². The minimum absolute atomic E-state index is 0.211. The summed E-state index contributed by atoms with van der Waals surface area (Å²) in [5.41, 5.74) is 0. The summed E-state index contributed by atoms with van der Waals surface area (Å²) in [7, 11) is -4.40. The van der Waals surface area contributed by atoms with Gasteiger partial charge in [-0.05, 0) is 24.7 Å². The van der Waals surface area contributed by atoms with E-state index >= 15 is 0 Å². The Morgan fingerprint density at radius 3 is 1.50 bits per heavy atom. The molecule has 0 aromatic heterocycles. The largest absolute Gasteiger partial charge is 0.469 e. The summed E-state index contributed by atoms with van der Waals surface area (Å²) < 4.78 is 16.0. The fraction of sp³-hybridized carbons (Fsp3) is 1.00. The van der Waals surface area contributed by atoms with Crippen molar-refractivity contribution in [3.8, 4) is 0 Å². The summed E-state index contributed by atoms with van der Waals surface area (Å²) in [6, 6.07) is 0. The van der Waals surface area contributed by atoms with Crippen molar-refractivity contribution in [3.05, 3.63) is 0 Å². The van der Waals surface area contributed by atoms with Crippen molar-refractivity contribution in [3.63, 3.8) is 0 Å². The van der Waals surface area contributed by atoms with Crippen molar-refractivity contribution in [1.29, 1.82) is 0 Å². The van der Waals surface area contributed by atoms with Gasteiger partial charge < -0.3 is 9.79 Å². The van der Waals surface area contributed by atoms with E-state index in [0.717, 1.165) is 25.7 Å². The second-order valence-electron chi connectivity index (χ2n) is 5.03. The quantitative estimate of drug-likeness (QED) is 0.627. The molecule has 0 aromatic rings. The van der Waals surface area contributed by atoms with Gasteiger partial charge in [-0.1, -0.05) is 53.4 Å². The third-order valence-corrected chi connectivity index (χ3v) is 4.64. The van der Waals surface area contributed by atoms with E-state index in [4.69, 9.17) is 14.3 Å². The Hall–Kier alpha value is 0.110. The van der Waals surface area contributed by atoms with Crippen molar-refractivity contribution in [2.24, 2.45) is 17.8 Å². The summed E-state index contributed by atoms with van der Waals surface area (Å²) in [6.45, 7) is 10.3. The SMILES string of the molecule is CCC(CC)C(C(CC)CC)C(C)OP(=O)(O)O. The molecular weight excluding hydrogens is 251 g/mol.